The van der Waals surface area contributed by atoms with Gasteiger partial charge in [0.25, 0.3) is 0 Å². The van der Waals surface area contributed by atoms with E-state index in [4.69, 9.17) is 0 Å². The number of benzene rings is 10. The van der Waals surface area contributed by atoms with Crippen LogP contribution in [0.5, 0.6) is 0 Å². The first kappa shape index (κ1) is 35.4. The van der Waals surface area contributed by atoms with Gasteiger partial charge in [0, 0.05) is 44.5 Å². The average Bonchev–Trinajstić information content (AvgIpc) is 3.88. The third-order valence-electron chi connectivity index (χ3n) is 14.3. The maximum Gasteiger partial charge on any atom is 0.0546 e. The number of hydrogen-bond acceptors (Lipinski definition) is 0. The molecule has 2 unspecified atom stereocenters. The summed E-state index contributed by atoms with van der Waals surface area (Å²) in [4.78, 5) is 0. The Hall–Kier alpha value is -8.20. The Kier molecular flexibility index (Phi) is 7.55. The number of aromatic nitrogens is 2. The zero-order valence-corrected chi connectivity index (χ0v) is 35.0. The summed E-state index contributed by atoms with van der Waals surface area (Å²) < 4.78 is 4.93. The standard InChI is InChI=1S/C62H40N2/c1-2-14-45-43(13-1)37-62(52-20-8-7-15-46(45)52)64-59-24-12-10-22-54(59)57-36-42(30-34-61(57)64)40-27-25-39(26-28-40)41-29-33-60-56(35-41)53-21-9-11-23-58(53)63(60)44-31-32-51-49-18-4-3-16-47(49)48-17-5-6-19-50(48)55(51)38-44/h1-38,48,50H. The Bertz CT molecular complexity index is 3970. The summed E-state index contributed by atoms with van der Waals surface area (Å²) >= 11 is 0. The predicted octanol–water partition coefficient (Wildman–Crippen LogP) is 16.5. The second-order valence-corrected chi connectivity index (χ2v) is 17.6. The summed E-state index contributed by atoms with van der Waals surface area (Å²) in [6.07, 6.45) is 9.19. The lowest BCUT2D eigenvalue weighted by Gasteiger charge is -2.34. The van der Waals surface area contributed by atoms with E-state index in [-0.39, 0.29) is 0 Å². The molecule has 2 heteroatoms. The van der Waals surface area contributed by atoms with Crippen LogP contribution in [-0.4, -0.2) is 9.13 Å². The summed E-state index contributed by atoms with van der Waals surface area (Å²) in [5.74, 6) is 0.666. The normalized spacial score (nSPS) is 15.4. The van der Waals surface area contributed by atoms with E-state index in [0.717, 1.165) is 0 Å². The van der Waals surface area contributed by atoms with Crippen LogP contribution in [0.2, 0.25) is 0 Å². The molecule has 2 atom stereocenters. The highest BCUT2D eigenvalue weighted by molar-refractivity contribution is 6.16. The molecule has 64 heavy (non-hydrogen) atoms. The molecular weight excluding hydrogens is 773 g/mol. The van der Waals surface area contributed by atoms with Crippen LogP contribution in [0.15, 0.2) is 231 Å². The van der Waals surface area contributed by atoms with Gasteiger partial charge in [0.1, 0.15) is 0 Å². The second-order valence-electron chi connectivity index (χ2n) is 17.6. The van der Waals surface area contributed by atoms with Crippen molar-refractivity contribution in [3.63, 3.8) is 0 Å². The molecule has 0 amide bonds. The highest BCUT2D eigenvalue weighted by Crippen LogP contribution is 2.50. The topological polar surface area (TPSA) is 9.86 Å². The average molecular weight is 813 g/mol. The summed E-state index contributed by atoms with van der Waals surface area (Å²) in [5, 5.41) is 10.1. The molecule has 298 valence electrons. The monoisotopic (exact) mass is 812 g/mol. The Labute approximate surface area is 370 Å². The van der Waals surface area contributed by atoms with E-state index in [1.807, 2.05) is 0 Å². The third-order valence-corrected chi connectivity index (χ3v) is 14.3. The van der Waals surface area contributed by atoms with Gasteiger partial charge in [0.05, 0.1) is 27.8 Å². The Balaban J connectivity index is 0.848. The molecule has 2 nitrogen and oxygen atoms in total. The minimum atomic E-state index is 0.316. The van der Waals surface area contributed by atoms with E-state index in [2.05, 4.69) is 240 Å². The first-order chi connectivity index (χ1) is 31.7. The number of rotatable bonds is 4. The summed E-state index contributed by atoms with van der Waals surface area (Å²) in [6, 6.07) is 76.8. The van der Waals surface area contributed by atoms with E-state index in [9.17, 15) is 0 Å². The van der Waals surface area contributed by atoms with Crippen molar-refractivity contribution in [1.29, 1.82) is 0 Å². The van der Waals surface area contributed by atoms with Crippen LogP contribution in [0.1, 0.15) is 23.0 Å². The van der Waals surface area contributed by atoms with Gasteiger partial charge in [-0.15, -0.1) is 0 Å². The van der Waals surface area contributed by atoms with E-state index in [0.29, 0.717) is 11.8 Å². The third kappa shape index (κ3) is 5.14. The molecular formula is C62H40N2. The van der Waals surface area contributed by atoms with Crippen LogP contribution >= 0.6 is 0 Å². The molecule has 0 N–H and O–H groups in total. The van der Waals surface area contributed by atoms with Gasteiger partial charge in [0.15, 0.2) is 0 Å². The molecule has 2 aliphatic rings. The van der Waals surface area contributed by atoms with Crippen molar-refractivity contribution in [3.8, 4) is 44.8 Å². The van der Waals surface area contributed by atoms with Gasteiger partial charge < -0.3 is 9.13 Å². The van der Waals surface area contributed by atoms with E-state index >= 15 is 0 Å². The Morgan fingerprint density at radius 1 is 0.297 bits per heavy atom. The van der Waals surface area contributed by atoms with Crippen molar-refractivity contribution in [3.05, 3.63) is 242 Å². The molecule has 2 heterocycles. The minimum absolute atomic E-state index is 0.316. The molecule has 0 saturated carbocycles. The van der Waals surface area contributed by atoms with E-state index in [1.165, 1.54) is 121 Å². The number of para-hydroxylation sites is 2. The second kappa shape index (κ2) is 13.6. The van der Waals surface area contributed by atoms with Crippen LogP contribution in [0.25, 0.3) is 110 Å². The van der Waals surface area contributed by atoms with Crippen LogP contribution in [0.4, 0.5) is 0 Å². The zero-order chi connectivity index (χ0) is 41.9. The fraction of sp³-hybridized carbons (Fsp3) is 0.0323. The number of nitrogens with zero attached hydrogens (tertiary/aromatic N) is 2. The first-order valence-corrected chi connectivity index (χ1v) is 22.4. The van der Waals surface area contributed by atoms with Crippen LogP contribution in [0.3, 0.4) is 0 Å². The van der Waals surface area contributed by atoms with E-state index in [1.54, 1.807) is 0 Å². The lowest BCUT2D eigenvalue weighted by Crippen LogP contribution is -2.16. The molecule has 0 bridgehead atoms. The first-order valence-electron chi connectivity index (χ1n) is 22.4. The highest BCUT2D eigenvalue weighted by Gasteiger charge is 2.32. The smallest absolute Gasteiger partial charge is 0.0546 e. The van der Waals surface area contributed by atoms with Crippen molar-refractivity contribution < 1.29 is 0 Å². The van der Waals surface area contributed by atoms with Gasteiger partial charge >= 0.3 is 0 Å². The van der Waals surface area contributed by atoms with Gasteiger partial charge in [-0.2, -0.15) is 0 Å². The SMILES string of the molecule is C1=CC2c3ccccc3-c3ccc(-n4c5ccccc5c5cc(-c6ccc(-c7ccc8c(c7)c7ccccc7n8-c7cc8ccccc8c8ccccc78)cc6)ccc54)cc3C2C=C1. The maximum atomic E-state index is 2.46. The molecule has 10 aromatic carbocycles. The molecule has 0 aliphatic heterocycles. The van der Waals surface area contributed by atoms with Crippen LogP contribution < -0.4 is 0 Å². The van der Waals surface area contributed by atoms with Gasteiger partial charge in [-0.1, -0.05) is 176 Å². The van der Waals surface area contributed by atoms with Crippen molar-refractivity contribution in [2.45, 2.75) is 11.8 Å². The number of fused-ring (bicyclic) bond motifs is 15. The predicted molar refractivity (Wildman–Crippen MR) is 270 cm³/mol. The summed E-state index contributed by atoms with van der Waals surface area (Å²) in [7, 11) is 0. The molecule has 12 aromatic rings. The zero-order valence-electron chi connectivity index (χ0n) is 35.0. The minimum Gasteiger partial charge on any atom is -0.309 e. The van der Waals surface area contributed by atoms with Gasteiger partial charge in [-0.05, 0) is 115 Å². The molecule has 2 aromatic heterocycles. The Morgan fingerprint density at radius 2 is 0.797 bits per heavy atom. The van der Waals surface area contributed by atoms with Crippen molar-refractivity contribution in [2.75, 3.05) is 0 Å². The summed E-state index contributed by atoms with van der Waals surface area (Å²) in [6.45, 7) is 0. The highest BCUT2D eigenvalue weighted by atomic mass is 15.0. The van der Waals surface area contributed by atoms with Crippen molar-refractivity contribution in [1.82, 2.24) is 9.13 Å². The summed E-state index contributed by atoms with van der Waals surface area (Å²) in [5.41, 5.74) is 17.6. The quantitative estimate of drug-likeness (QED) is 0.157. The molecule has 0 radical (unpaired) electrons. The van der Waals surface area contributed by atoms with Crippen LogP contribution in [0, 0.1) is 0 Å². The Morgan fingerprint density at radius 3 is 1.50 bits per heavy atom. The van der Waals surface area contributed by atoms with Gasteiger partial charge in [0.2, 0.25) is 0 Å². The molecule has 0 saturated heterocycles. The van der Waals surface area contributed by atoms with Crippen molar-refractivity contribution >= 4 is 65.2 Å². The number of hydrogen-bond donors (Lipinski definition) is 0. The molecule has 0 fully saturated rings. The number of allylic oxidation sites excluding steroid dienone is 4. The lowest BCUT2D eigenvalue weighted by molar-refractivity contribution is 0.719. The van der Waals surface area contributed by atoms with E-state index < -0.39 is 0 Å². The molecule has 2 aliphatic carbocycles. The van der Waals surface area contributed by atoms with Gasteiger partial charge in [-0.25, -0.2) is 0 Å². The van der Waals surface area contributed by atoms with Crippen LogP contribution in [-0.2, 0) is 0 Å². The van der Waals surface area contributed by atoms with Crippen molar-refractivity contribution in [2.24, 2.45) is 0 Å². The molecule has 0 spiro atoms. The molecule has 14 rings (SSSR count). The fourth-order valence-corrected chi connectivity index (χ4v) is 11.4. The van der Waals surface area contributed by atoms with Gasteiger partial charge in [-0.3, -0.25) is 0 Å². The largest absolute Gasteiger partial charge is 0.309 e. The fourth-order valence-electron chi connectivity index (χ4n) is 11.4. The lowest BCUT2D eigenvalue weighted by atomic mass is 9.70. The maximum absolute atomic E-state index is 2.46.